The van der Waals surface area contributed by atoms with E-state index in [2.05, 4.69) is 42.5 Å². The molecular formula is C27H23NO2. The van der Waals surface area contributed by atoms with Gasteiger partial charge >= 0.3 is 0 Å². The number of carbonyl (C=O) groups is 1. The zero-order valence-corrected chi connectivity index (χ0v) is 17.0. The normalized spacial score (nSPS) is 12.6. The molecule has 1 heterocycles. The molecule has 0 spiro atoms. The molecule has 30 heavy (non-hydrogen) atoms. The molecule has 0 saturated heterocycles. The summed E-state index contributed by atoms with van der Waals surface area (Å²) in [7, 11) is 0. The molecule has 0 atom stereocenters. The van der Waals surface area contributed by atoms with Crippen molar-refractivity contribution in [3.05, 3.63) is 107 Å². The van der Waals surface area contributed by atoms with Gasteiger partial charge in [-0.2, -0.15) is 0 Å². The van der Waals surface area contributed by atoms with E-state index in [-0.39, 0.29) is 5.91 Å². The number of anilines is 1. The summed E-state index contributed by atoms with van der Waals surface area (Å²) in [5.74, 6) is 0.922. The van der Waals surface area contributed by atoms with Crippen molar-refractivity contribution in [3.8, 4) is 5.75 Å². The van der Waals surface area contributed by atoms with Crippen LogP contribution in [0.1, 0.15) is 34.0 Å². The monoisotopic (exact) mass is 393 g/mol. The third kappa shape index (κ3) is 3.22. The van der Waals surface area contributed by atoms with E-state index in [1.807, 2.05) is 54.3 Å². The second-order valence-corrected chi connectivity index (χ2v) is 7.60. The average molecular weight is 393 g/mol. The van der Waals surface area contributed by atoms with Crippen LogP contribution in [0.4, 0.5) is 5.69 Å². The number of benzene rings is 4. The summed E-state index contributed by atoms with van der Waals surface area (Å²) in [5, 5.41) is 2.23. The number of carbonyl (C=O) groups excluding carboxylic acids is 1. The second-order valence-electron chi connectivity index (χ2n) is 7.60. The minimum Gasteiger partial charge on any atom is -0.494 e. The molecule has 4 aromatic carbocycles. The first-order chi connectivity index (χ1) is 14.7. The molecule has 0 N–H and O–H groups in total. The fraction of sp³-hybridized carbons (Fsp3) is 0.148. The van der Waals surface area contributed by atoms with Gasteiger partial charge in [-0.15, -0.1) is 0 Å². The van der Waals surface area contributed by atoms with E-state index < -0.39 is 0 Å². The molecule has 0 unspecified atom stereocenters. The zero-order chi connectivity index (χ0) is 20.5. The largest absolute Gasteiger partial charge is 0.494 e. The first-order valence-electron chi connectivity index (χ1n) is 10.4. The topological polar surface area (TPSA) is 29.5 Å². The third-order valence-corrected chi connectivity index (χ3v) is 5.69. The first-order valence-corrected chi connectivity index (χ1v) is 10.4. The van der Waals surface area contributed by atoms with E-state index in [9.17, 15) is 4.79 Å². The van der Waals surface area contributed by atoms with Gasteiger partial charge in [0.25, 0.3) is 5.91 Å². The SMILES string of the molecule is CCOc1ccc(CN2C(=O)c3cccc4c(Cc5ccccc5)ccc2c34)cc1. The molecule has 0 fully saturated rings. The van der Waals surface area contributed by atoms with Crippen LogP contribution in [0, 0.1) is 0 Å². The van der Waals surface area contributed by atoms with Gasteiger partial charge < -0.3 is 9.64 Å². The molecule has 1 aliphatic heterocycles. The fourth-order valence-corrected chi connectivity index (χ4v) is 4.27. The van der Waals surface area contributed by atoms with Gasteiger partial charge in [-0.1, -0.05) is 60.7 Å². The van der Waals surface area contributed by atoms with Crippen LogP contribution in [-0.4, -0.2) is 12.5 Å². The van der Waals surface area contributed by atoms with Crippen LogP contribution >= 0.6 is 0 Å². The molecule has 3 heteroatoms. The van der Waals surface area contributed by atoms with Crippen molar-refractivity contribution in [2.75, 3.05) is 11.5 Å². The Balaban J connectivity index is 1.50. The van der Waals surface area contributed by atoms with E-state index in [4.69, 9.17) is 4.74 Å². The number of ether oxygens (including phenoxy) is 1. The highest BCUT2D eigenvalue weighted by Crippen LogP contribution is 2.40. The molecule has 5 rings (SSSR count). The van der Waals surface area contributed by atoms with Gasteiger partial charge in [-0.3, -0.25) is 4.79 Å². The molecular weight excluding hydrogens is 370 g/mol. The third-order valence-electron chi connectivity index (χ3n) is 5.69. The summed E-state index contributed by atoms with van der Waals surface area (Å²) in [4.78, 5) is 15.1. The standard InChI is InChI=1S/C27H23NO2/c1-2-30-22-14-11-20(12-15-22)18-28-25-16-13-21(17-19-7-4-3-5-8-19)23-9-6-10-24(26(23)25)27(28)29/h3-16H,2,17-18H2,1H3. The van der Waals surface area contributed by atoms with E-state index >= 15 is 0 Å². The highest BCUT2D eigenvalue weighted by molar-refractivity contribution is 6.25. The summed E-state index contributed by atoms with van der Waals surface area (Å²) in [6.07, 6.45) is 0.855. The van der Waals surface area contributed by atoms with Crippen LogP contribution in [0.3, 0.4) is 0 Å². The Bertz CT molecular complexity index is 1210. The highest BCUT2D eigenvalue weighted by atomic mass is 16.5. The van der Waals surface area contributed by atoms with Gasteiger partial charge in [0.05, 0.1) is 18.8 Å². The summed E-state index contributed by atoms with van der Waals surface area (Å²) < 4.78 is 5.53. The number of nitrogens with zero attached hydrogens (tertiary/aromatic N) is 1. The molecule has 1 amide bonds. The zero-order valence-electron chi connectivity index (χ0n) is 17.0. The van der Waals surface area contributed by atoms with Crippen molar-refractivity contribution < 1.29 is 9.53 Å². The van der Waals surface area contributed by atoms with E-state index in [1.54, 1.807) is 0 Å². The molecule has 3 nitrogen and oxygen atoms in total. The molecule has 0 aromatic heterocycles. The van der Waals surface area contributed by atoms with Gasteiger partial charge in [0.15, 0.2) is 0 Å². The van der Waals surface area contributed by atoms with Crippen LogP contribution in [0.5, 0.6) is 5.75 Å². The maximum Gasteiger partial charge on any atom is 0.259 e. The molecule has 0 radical (unpaired) electrons. The summed E-state index contributed by atoms with van der Waals surface area (Å²) >= 11 is 0. The second kappa shape index (κ2) is 7.68. The van der Waals surface area contributed by atoms with Gasteiger partial charge in [-0.05, 0) is 59.7 Å². The average Bonchev–Trinajstić information content (AvgIpc) is 3.05. The van der Waals surface area contributed by atoms with E-state index in [0.717, 1.165) is 39.8 Å². The molecule has 148 valence electrons. The lowest BCUT2D eigenvalue weighted by Gasteiger charge is -2.18. The van der Waals surface area contributed by atoms with Crippen molar-refractivity contribution in [1.29, 1.82) is 0 Å². The lowest BCUT2D eigenvalue weighted by atomic mass is 9.96. The van der Waals surface area contributed by atoms with Crippen molar-refractivity contribution in [3.63, 3.8) is 0 Å². The van der Waals surface area contributed by atoms with Crippen LogP contribution in [0.2, 0.25) is 0 Å². The number of hydrogen-bond donors (Lipinski definition) is 0. The minimum atomic E-state index is 0.0707. The van der Waals surface area contributed by atoms with E-state index in [0.29, 0.717) is 13.2 Å². The van der Waals surface area contributed by atoms with Crippen molar-refractivity contribution >= 4 is 22.4 Å². The van der Waals surface area contributed by atoms with Gasteiger partial charge in [0, 0.05) is 10.9 Å². The Kier molecular flexibility index (Phi) is 4.72. The Morgan fingerprint density at radius 1 is 0.800 bits per heavy atom. The van der Waals surface area contributed by atoms with Gasteiger partial charge in [0.1, 0.15) is 5.75 Å². The molecule has 0 bridgehead atoms. The molecule has 0 aliphatic carbocycles. The molecule has 4 aromatic rings. The van der Waals surface area contributed by atoms with Crippen molar-refractivity contribution in [2.24, 2.45) is 0 Å². The van der Waals surface area contributed by atoms with Gasteiger partial charge in [0.2, 0.25) is 0 Å². The summed E-state index contributed by atoms with van der Waals surface area (Å²) in [6.45, 7) is 3.17. The van der Waals surface area contributed by atoms with Crippen LogP contribution < -0.4 is 9.64 Å². The first kappa shape index (κ1) is 18.4. The number of rotatable bonds is 6. The highest BCUT2D eigenvalue weighted by Gasteiger charge is 2.30. The Hall–Kier alpha value is -3.59. The summed E-state index contributed by atoms with van der Waals surface area (Å²) in [5.41, 5.74) is 5.40. The molecule has 1 aliphatic rings. The minimum absolute atomic E-state index is 0.0707. The smallest absolute Gasteiger partial charge is 0.259 e. The number of hydrogen-bond acceptors (Lipinski definition) is 2. The van der Waals surface area contributed by atoms with E-state index in [1.165, 1.54) is 11.1 Å². The predicted octanol–water partition coefficient (Wildman–Crippen LogP) is 5.99. The Labute approximate surface area is 176 Å². The van der Waals surface area contributed by atoms with Crippen molar-refractivity contribution in [2.45, 2.75) is 19.9 Å². The molecule has 0 saturated carbocycles. The Morgan fingerprint density at radius 2 is 1.60 bits per heavy atom. The fourth-order valence-electron chi connectivity index (χ4n) is 4.27. The quantitative estimate of drug-likeness (QED) is 0.403. The lowest BCUT2D eigenvalue weighted by Crippen LogP contribution is -2.26. The van der Waals surface area contributed by atoms with Gasteiger partial charge in [-0.25, -0.2) is 0 Å². The predicted molar refractivity (Wildman–Crippen MR) is 121 cm³/mol. The van der Waals surface area contributed by atoms with Crippen LogP contribution in [-0.2, 0) is 13.0 Å². The maximum absolute atomic E-state index is 13.2. The lowest BCUT2D eigenvalue weighted by molar-refractivity contribution is 0.0991. The number of amides is 1. The van der Waals surface area contributed by atoms with Crippen molar-refractivity contribution in [1.82, 2.24) is 0 Å². The summed E-state index contributed by atoms with van der Waals surface area (Å²) in [6, 6.07) is 28.8. The Morgan fingerprint density at radius 3 is 2.37 bits per heavy atom. The van der Waals surface area contributed by atoms with Crippen LogP contribution in [0.15, 0.2) is 84.9 Å². The maximum atomic E-state index is 13.2. The van der Waals surface area contributed by atoms with Crippen LogP contribution in [0.25, 0.3) is 10.8 Å².